The molecule has 0 saturated heterocycles. The van der Waals surface area contributed by atoms with Gasteiger partial charge in [-0.15, -0.1) is 0 Å². The van der Waals surface area contributed by atoms with Gasteiger partial charge in [0.25, 0.3) is 0 Å². The molecule has 224 valence electrons. The fraction of sp³-hybridized carbons (Fsp3) is 0.722. The number of allylic oxidation sites excluding steroid dienone is 8. The third-order valence-electron chi connectivity index (χ3n) is 6.89. The van der Waals surface area contributed by atoms with Crippen molar-refractivity contribution >= 4 is 11.9 Å². The Labute approximate surface area is 242 Å². The largest absolute Gasteiger partial charge is 0.393 e. The summed E-state index contributed by atoms with van der Waals surface area (Å²) in [7, 11) is 0. The van der Waals surface area contributed by atoms with Crippen LogP contribution in [0.15, 0.2) is 48.6 Å². The van der Waals surface area contributed by atoms with E-state index in [1.54, 1.807) is 0 Å². The van der Waals surface area contributed by atoms with Crippen LogP contribution in [0.4, 0.5) is 0 Å². The molecule has 0 aromatic heterocycles. The van der Waals surface area contributed by atoms with Gasteiger partial charge in [-0.25, -0.2) is 0 Å². The summed E-state index contributed by atoms with van der Waals surface area (Å²) in [6.45, 7) is 4.48. The normalized spacial score (nSPS) is 12.1. The van der Waals surface area contributed by atoms with Gasteiger partial charge < -0.3 is 4.74 Å². The summed E-state index contributed by atoms with van der Waals surface area (Å²) >= 11 is 0. The fourth-order valence-corrected chi connectivity index (χ4v) is 4.39. The summed E-state index contributed by atoms with van der Waals surface area (Å²) in [5.41, 5.74) is 0. The lowest BCUT2D eigenvalue weighted by Gasteiger charge is -2.04. The molecule has 0 aliphatic heterocycles. The van der Waals surface area contributed by atoms with E-state index in [1.165, 1.54) is 77.0 Å². The predicted octanol–water partition coefficient (Wildman–Crippen LogP) is 11.7. The van der Waals surface area contributed by atoms with Crippen molar-refractivity contribution in [2.75, 3.05) is 0 Å². The summed E-state index contributed by atoms with van der Waals surface area (Å²) in [5.74, 6) is -0.707. The van der Waals surface area contributed by atoms with Crippen LogP contribution >= 0.6 is 0 Å². The standard InChI is InChI=1S/C36H62O3/c1-3-5-7-9-11-13-15-17-19-21-23-25-27-29-31-33-35(37)39-36(38)34-32-30-28-26-24-22-20-18-16-14-12-10-8-6-4-2/h11-14,17-20H,3-10,15-16,21-34H2,1-2H3/b13-11-,14-12+,19-17-,20-18+. The molecule has 0 spiro atoms. The van der Waals surface area contributed by atoms with Gasteiger partial charge in [-0.2, -0.15) is 0 Å². The molecule has 0 saturated carbocycles. The molecule has 0 aromatic rings. The van der Waals surface area contributed by atoms with Crippen LogP contribution < -0.4 is 0 Å². The average Bonchev–Trinajstić information content (AvgIpc) is 2.93. The molecule has 0 aliphatic rings. The number of ether oxygens (including phenoxy) is 1. The van der Waals surface area contributed by atoms with Gasteiger partial charge >= 0.3 is 11.9 Å². The Morgan fingerprint density at radius 2 is 0.718 bits per heavy atom. The minimum absolute atomic E-state index is 0.353. The van der Waals surface area contributed by atoms with Crippen LogP contribution in [0, 0.1) is 0 Å². The van der Waals surface area contributed by atoms with Gasteiger partial charge in [0.2, 0.25) is 0 Å². The van der Waals surface area contributed by atoms with Crippen molar-refractivity contribution in [2.24, 2.45) is 0 Å². The van der Waals surface area contributed by atoms with Crippen LogP contribution in [-0.2, 0) is 14.3 Å². The molecule has 0 radical (unpaired) electrons. The van der Waals surface area contributed by atoms with Gasteiger partial charge in [-0.05, 0) is 77.0 Å². The molecule has 0 aromatic carbocycles. The monoisotopic (exact) mass is 542 g/mol. The van der Waals surface area contributed by atoms with Crippen LogP contribution in [0.3, 0.4) is 0 Å². The van der Waals surface area contributed by atoms with Crippen molar-refractivity contribution in [2.45, 2.75) is 168 Å². The molecule has 0 atom stereocenters. The first-order valence-corrected chi connectivity index (χ1v) is 16.5. The van der Waals surface area contributed by atoms with Crippen LogP contribution in [-0.4, -0.2) is 11.9 Å². The van der Waals surface area contributed by atoms with E-state index in [2.05, 4.69) is 62.5 Å². The molecule has 0 aliphatic carbocycles. The highest BCUT2D eigenvalue weighted by Crippen LogP contribution is 2.11. The highest BCUT2D eigenvalue weighted by molar-refractivity contribution is 5.85. The van der Waals surface area contributed by atoms with Gasteiger partial charge in [0, 0.05) is 12.8 Å². The Bertz CT molecular complexity index is 600. The molecule has 0 unspecified atom stereocenters. The minimum Gasteiger partial charge on any atom is -0.393 e. The van der Waals surface area contributed by atoms with E-state index in [0.717, 1.165) is 64.2 Å². The lowest BCUT2D eigenvalue weighted by atomic mass is 10.1. The molecule has 0 amide bonds. The second kappa shape index (κ2) is 32.3. The Balaban J connectivity index is 3.44. The third kappa shape index (κ3) is 32.2. The number of esters is 2. The maximum absolute atomic E-state index is 11.9. The van der Waals surface area contributed by atoms with Crippen molar-refractivity contribution in [3.05, 3.63) is 48.6 Å². The summed E-state index contributed by atoms with van der Waals surface area (Å²) in [6, 6.07) is 0. The molecule has 0 heterocycles. The van der Waals surface area contributed by atoms with Gasteiger partial charge in [0.05, 0.1) is 0 Å². The molecule has 39 heavy (non-hydrogen) atoms. The Kier molecular flexibility index (Phi) is 30.7. The Hall–Kier alpha value is -1.90. The van der Waals surface area contributed by atoms with Crippen molar-refractivity contribution in [1.82, 2.24) is 0 Å². The van der Waals surface area contributed by atoms with Gasteiger partial charge in [0.1, 0.15) is 0 Å². The topological polar surface area (TPSA) is 43.4 Å². The smallest absolute Gasteiger partial charge is 0.313 e. The average molecular weight is 543 g/mol. The number of rotatable bonds is 28. The maximum atomic E-state index is 11.9. The van der Waals surface area contributed by atoms with E-state index in [9.17, 15) is 9.59 Å². The van der Waals surface area contributed by atoms with E-state index in [-0.39, 0.29) is 11.9 Å². The SMILES string of the molecule is CCCCC/C=C\C/C=C\CCCCCCCC(=O)OC(=O)CCCCCCC/C=C/C/C=C/CCCCC. The second-order valence-corrected chi connectivity index (χ2v) is 10.8. The zero-order valence-electron chi connectivity index (χ0n) is 25.8. The molecule has 3 heteroatoms. The molecule has 0 rings (SSSR count). The lowest BCUT2D eigenvalue weighted by Crippen LogP contribution is -2.11. The van der Waals surface area contributed by atoms with E-state index < -0.39 is 0 Å². The highest BCUT2D eigenvalue weighted by atomic mass is 16.6. The Morgan fingerprint density at radius 1 is 0.410 bits per heavy atom. The quantitative estimate of drug-likeness (QED) is 0.0427. The minimum atomic E-state index is -0.353. The van der Waals surface area contributed by atoms with Crippen LogP contribution in [0.25, 0.3) is 0 Å². The number of carbonyl (C=O) groups excluding carboxylic acids is 2. The lowest BCUT2D eigenvalue weighted by molar-refractivity contribution is -0.159. The van der Waals surface area contributed by atoms with Crippen molar-refractivity contribution in [1.29, 1.82) is 0 Å². The van der Waals surface area contributed by atoms with Gasteiger partial charge in [0.15, 0.2) is 0 Å². The highest BCUT2D eigenvalue weighted by Gasteiger charge is 2.09. The molecular formula is C36H62O3. The molecule has 0 bridgehead atoms. The Morgan fingerprint density at radius 3 is 1.08 bits per heavy atom. The van der Waals surface area contributed by atoms with Crippen LogP contribution in [0.1, 0.15) is 168 Å². The van der Waals surface area contributed by atoms with Gasteiger partial charge in [-0.1, -0.05) is 127 Å². The summed E-state index contributed by atoms with van der Waals surface area (Å²) in [6.07, 6.45) is 44.3. The van der Waals surface area contributed by atoms with Crippen molar-refractivity contribution in [3.8, 4) is 0 Å². The van der Waals surface area contributed by atoms with Crippen molar-refractivity contribution < 1.29 is 14.3 Å². The van der Waals surface area contributed by atoms with E-state index >= 15 is 0 Å². The van der Waals surface area contributed by atoms with Crippen LogP contribution in [0.2, 0.25) is 0 Å². The van der Waals surface area contributed by atoms with E-state index in [0.29, 0.717) is 12.8 Å². The maximum Gasteiger partial charge on any atom is 0.313 e. The third-order valence-corrected chi connectivity index (χ3v) is 6.89. The molecular weight excluding hydrogens is 480 g/mol. The number of unbranched alkanes of at least 4 members (excludes halogenated alkanes) is 16. The molecule has 0 fully saturated rings. The summed E-state index contributed by atoms with van der Waals surface area (Å²) < 4.78 is 4.98. The van der Waals surface area contributed by atoms with Gasteiger partial charge in [-0.3, -0.25) is 9.59 Å². The first-order chi connectivity index (χ1) is 19.2. The fourth-order valence-electron chi connectivity index (χ4n) is 4.39. The number of carbonyl (C=O) groups is 2. The molecule has 0 N–H and O–H groups in total. The molecule has 3 nitrogen and oxygen atoms in total. The second-order valence-electron chi connectivity index (χ2n) is 10.8. The van der Waals surface area contributed by atoms with E-state index in [1.807, 2.05) is 0 Å². The number of hydrogen-bond donors (Lipinski definition) is 0. The predicted molar refractivity (Wildman–Crippen MR) is 170 cm³/mol. The first kappa shape index (κ1) is 37.1. The van der Waals surface area contributed by atoms with Crippen molar-refractivity contribution in [3.63, 3.8) is 0 Å². The zero-order valence-corrected chi connectivity index (χ0v) is 25.8. The number of hydrogen-bond acceptors (Lipinski definition) is 3. The van der Waals surface area contributed by atoms with Crippen LogP contribution in [0.5, 0.6) is 0 Å². The first-order valence-electron chi connectivity index (χ1n) is 16.5. The van der Waals surface area contributed by atoms with E-state index in [4.69, 9.17) is 4.74 Å². The zero-order chi connectivity index (χ0) is 28.5. The summed E-state index contributed by atoms with van der Waals surface area (Å²) in [4.78, 5) is 23.8. The summed E-state index contributed by atoms with van der Waals surface area (Å²) in [5, 5.41) is 0.